The van der Waals surface area contributed by atoms with E-state index in [9.17, 15) is 14.4 Å². The minimum Gasteiger partial charge on any atom is -0.465 e. The number of hydrogen-bond acceptors (Lipinski definition) is 7. The predicted octanol–water partition coefficient (Wildman–Crippen LogP) is 2.54. The van der Waals surface area contributed by atoms with Crippen molar-refractivity contribution in [3.05, 3.63) is 38.6 Å². The summed E-state index contributed by atoms with van der Waals surface area (Å²) in [5.41, 5.74) is 2.19. The molecule has 0 fully saturated rings. The van der Waals surface area contributed by atoms with Gasteiger partial charge in [0.05, 0.1) is 35.5 Å². The third-order valence-electron chi connectivity index (χ3n) is 3.74. The summed E-state index contributed by atoms with van der Waals surface area (Å²) in [4.78, 5) is 43.4. The van der Waals surface area contributed by atoms with E-state index >= 15 is 0 Å². The first kappa shape index (κ1) is 18.9. The Morgan fingerprint density at radius 2 is 1.96 bits per heavy atom. The minimum atomic E-state index is -0.977. The largest absolute Gasteiger partial charge is 0.465 e. The molecule has 0 amide bonds. The van der Waals surface area contributed by atoms with Crippen LogP contribution in [0, 0.1) is 20.8 Å². The normalized spacial score (nSPS) is 11.9. The van der Waals surface area contributed by atoms with Crippen LogP contribution in [0.2, 0.25) is 0 Å². The Labute approximate surface area is 149 Å². The van der Waals surface area contributed by atoms with Gasteiger partial charge in [-0.15, -0.1) is 11.3 Å². The van der Waals surface area contributed by atoms with Crippen molar-refractivity contribution in [3.8, 4) is 0 Å². The van der Waals surface area contributed by atoms with Crippen LogP contribution in [0.15, 0.2) is 5.38 Å². The van der Waals surface area contributed by atoms with E-state index in [2.05, 4.69) is 9.97 Å². The Balaban J connectivity index is 2.09. The molecule has 2 rings (SSSR count). The van der Waals surface area contributed by atoms with Crippen LogP contribution in [0.1, 0.15) is 49.7 Å². The number of aryl methyl sites for hydroxylation is 2. The van der Waals surface area contributed by atoms with Crippen molar-refractivity contribution < 1.29 is 23.9 Å². The predicted molar refractivity (Wildman–Crippen MR) is 92.0 cm³/mol. The number of nitrogens with one attached hydrogen (secondary N) is 1. The average Bonchev–Trinajstić information content (AvgIpc) is 3.08. The van der Waals surface area contributed by atoms with E-state index < -0.39 is 23.8 Å². The summed E-state index contributed by atoms with van der Waals surface area (Å²) in [6, 6.07) is 0. The lowest BCUT2D eigenvalue weighted by molar-refractivity contribution is -0.145. The molecule has 2 aromatic heterocycles. The minimum absolute atomic E-state index is 0.0120. The Bertz CT molecular complexity index is 821. The van der Waals surface area contributed by atoms with Gasteiger partial charge in [0.25, 0.3) is 0 Å². The van der Waals surface area contributed by atoms with Crippen LogP contribution in [0.4, 0.5) is 0 Å². The van der Waals surface area contributed by atoms with Gasteiger partial charge < -0.3 is 14.5 Å². The van der Waals surface area contributed by atoms with Crippen molar-refractivity contribution in [1.29, 1.82) is 0 Å². The first-order valence-electron chi connectivity index (χ1n) is 7.66. The summed E-state index contributed by atoms with van der Waals surface area (Å²) in [6.45, 7) is 6.67. The van der Waals surface area contributed by atoms with Crippen LogP contribution < -0.4 is 0 Å². The maximum Gasteiger partial charge on any atom is 0.339 e. The number of hydrogen-bond donors (Lipinski definition) is 1. The SMILES string of the molecule is COC(=O)c1c(C)[nH]c(C(=O)[C@H](C)OC(=O)Cc2csc(C)n2)c1C. The van der Waals surface area contributed by atoms with Crippen LogP contribution in [-0.2, 0) is 20.7 Å². The maximum atomic E-state index is 12.6. The summed E-state index contributed by atoms with van der Waals surface area (Å²) >= 11 is 1.44. The quantitative estimate of drug-likeness (QED) is 0.625. The second kappa shape index (κ2) is 7.60. The highest BCUT2D eigenvalue weighted by Crippen LogP contribution is 2.21. The maximum absolute atomic E-state index is 12.6. The monoisotopic (exact) mass is 364 g/mol. The number of ether oxygens (including phenoxy) is 2. The third-order valence-corrected chi connectivity index (χ3v) is 4.57. The number of nitrogens with zero attached hydrogens (tertiary/aromatic N) is 1. The van der Waals surface area contributed by atoms with Crippen molar-refractivity contribution in [2.45, 2.75) is 40.2 Å². The van der Waals surface area contributed by atoms with Gasteiger partial charge in [0, 0.05) is 11.1 Å². The number of aromatic amines is 1. The highest BCUT2D eigenvalue weighted by molar-refractivity contribution is 7.09. The standard InChI is InChI=1S/C17H20N2O5S/c1-8-14(17(22)23-5)9(2)18-15(8)16(21)10(3)24-13(20)6-12-7-25-11(4)19-12/h7,10,18H,6H2,1-5H3/t10-/m0/s1. The lowest BCUT2D eigenvalue weighted by Gasteiger charge is -2.11. The van der Waals surface area contributed by atoms with Gasteiger partial charge >= 0.3 is 11.9 Å². The molecule has 25 heavy (non-hydrogen) atoms. The zero-order valence-electron chi connectivity index (χ0n) is 14.8. The summed E-state index contributed by atoms with van der Waals surface area (Å²) in [5, 5.41) is 2.64. The lowest BCUT2D eigenvalue weighted by Crippen LogP contribution is -2.26. The van der Waals surface area contributed by atoms with Crippen LogP contribution in [0.25, 0.3) is 0 Å². The van der Waals surface area contributed by atoms with Crippen molar-refractivity contribution in [2.24, 2.45) is 0 Å². The van der Waals surface area contributed by atoms with E-state index in [4.69, 9.17) is 9.47 Å². The van der Waals surface area contributed by atoms with Crippen molar-refractivity contribution in [3.63, 3.8) is 0 Å². The molecule has 0 aliphatic carbocycles. The highest BCUT2D eigenvalue weighted by atomic mass is 32.1. The Morgan fingerprint density at radius 3 is 2.52 bits per heavy atom. The van der Waals surface area contributed by atoms with Gasteiger partial charge in [0.1, 0.15) is 0 Å². The number of H-pyrrole nitrogens is 1. The number of esters is 2. The highest BCUT2D eigenvalue weighted by Gasteiger charge is 2.27. The van der Waals surface area contributed by atoms with Crippen LogP contribution in [-0.4, -0.2) is 40.9 Å². The fraction of sp³-hybridized carbons (Fsp3) is 0.412. The topological polar surface area (TPSA) is 98.4 Å². The van der Waals surface area contributed by atoms with Crippen LogP contribution in [0.5, 0.6) is 0 Å². The lowest BCUT2D eigenvalue weighted by atomic mass is 10.1. The fourth-order valence-electron chi connectivity index (χ4n) is 2.54. The molecule has 0 aliphatic rings. The summed E-state index contributed by atoms with van der Waals surface area (Å²) in [5.74, 6) is -1.45. The number of thiazole rings is 1. The Kier molecular flexibility index (Phi) is 5.73. The van der Waals surface area contributed by atoms with Crippen molar-refractivity contribution >= 4 is 29.1 Å². The third kappa shape index (κ3) is 4.14. The molecule has 1 atom stereocenters. The van der Waals surface area contributed by atoms with E-state index in [-0.39, 0.29) is 12.1 Å². The molecule has 0 saturated carbocycles. The number of rotatable bonds is 6. The van der Waals surface area contributed by atoms with Gasteiger partial charge in [-0.3, -0.25) is 9.59 Å². The van der Waals surface area contributed by atoms with Gasteiger partial charge in [-0.1, -0.05) is 0 Å². The molecule has 0 spiro atoms. The van der Waals surface area contributed by atoms with Gasteiger partial charge in [-0.2, -0.15) is 0 Å². The number of carbonyl (C=O) groups excluding carboxylic acids is 3. The molecule has 0 saturated heterocycles. The van der Waals surface area contributed by atoms with Gasteiger partial charge in [-0.25, -0.2) is 9.78 Å². The second-order valence-corrected chi connectivity index (χ2v) is 6.71. The molecule has 0 radical (unpaired) electrons. The molecule has 134 valence electrons. The molecule has 0 aliphatic heterocycles. The molecule has 0 unspecified atom stereocenters. The fourth-order valence-corrected chi connectivity index (χ4v) is 3.15. The molecular formula is C17H20N2O5S. The molecule has 8 heteroatoms. The number of carbonyl (C=O) groups is 3. The molecule has 2 aromatic rings. The first-order valence-corrected chi connectivity index (χ1v) is 8.54. The molecule has 2 heterocycles. The Hall–Kier alpha value is -2.48. The Morgan fingerprint density at radius 1 is 1.28 bits per heavy atom. The summed E-state index contributed by atoms with van der Waals surface area (Å²) in [6.07, 6.45) is -0.965. The van der Waals surface area contributed by atoms with Crippen LogP contribution in [0.3, 0.4) is 0 Å². The van der Waals surface area contributed by atoms with E-state index in [0.29, 0.717) is 22.5 Å². The smallest absolute Gasteiger partial charge is 0.339 e. The van der Waals surface area contributed by atoms with E-state index in [1.54, 1.807) is 19.2 Å². The second-order valence-electron chi connectivity index (χ2n) is 5.65. The molecule has 1 N–H and O–H groups in total. The zero-order valence-corrected chi connectivity index (χ0v) is 15.6. The number of ketones is 1. The molecule has 0 aromatic carbocycles. The van der Waals surface area contributed by atoms with E-state index in [1.165, 1.54) is 25.4 Å². The van der Waals surface area contributed by atoms with E-state index in [0.717, 1.165) is 5.01 Å². The molecule has 0 bridgehead atoms. The van der Waals surface area contributed by atoms with Gasteiger partial charge in [0.2, 0.25) is 5.78 Å². The molecular weight excluding hydrogens is 344 g/mol. The number of Topliss-reactive ketones (excluding diaryl/α,β-unsaturated/α-hetero) is 1. The van der Waals surface area contributed by atoms with Crippen LogP contribution >= 0.6 is 11.3 Å². The molecule has 7 nitrogen and oxygen atoms in total. The summed E-state index contributed by atoms with van der Waals surface area (Å²) in [7, 11) is 1.28. The first-order chi connectivity index (χ1) is 11.7. The number of methoxy groups -OCH3 is 1. The summed E-state index contributed by atoms with van der Waals surface area (Å²) < 4.78 is 9.93. The van der Waals surface area contributed by atoms with Crippen molar-refractivity contribution in [2.75, 3.05) is 7.11 Å². The van der Waals surface area contributed by atoms with Gasteiger partial charge in [-0.05, 0) is 33.3 Å². The van der Waals surface area contributed by atoms with Gasteiger partial charge in [0.15, 0.2) is 6.10 Å². The zero-order chi connectivity index (χ0) is 18.7. The van der Waals surface area contributed by atoms with E-state index in [1.807, 2.05) is 6.92 Å². The number of aromatic nitrogens is 2. The average molecular weight is 364 g/mol. The van der Waals surface area contributed by atoms with Crippen molar-refractivity contribution in [1.82, 2.24) is 9.97 Å².